The average Bonchev–Trinajstić information content (AvgIpc) is 3.06. The maximum Gasteiger partial charge on any atom is 0.191 e. The number of aliphatic imine (C=N–C) groups is 1. The number of nitrogens with one attached hydrogen (secondary N) is 2. The second-order valence-corrected chi connectivity index (χ2v) is 5.66. The predicted molar refractivity (Wildman–Crippen MR) is 94.1 cm³/mol. The fourth-order valence-electron chi connectivity index (χ4n) is 2.76. The van der Waals surface area contributed by atoms with Gasteiger partial charge in [-0.3, -0.25) is 0 Å². The fraction of sp³-hybridized carbons (Fsp3) is 0.316. The Morgan fingerprint density at radius 3 is 2.64 bits per heavy atom. The summed E-state index contributed by atoms with van der Waals surface area (Å²) in [7, 11) is 0. The zero-order valence-electron chi connectivity index (χ0n) is 13.0. The Morgan fingerprint density at radius 1 is 1.09 bits per heavy atom. The predicted octanol–water partition coefficient (Wildman–Crippen LogP) is 3.61. The van der Waals surface area contributed by atoms with Gasteiger partial charge in [-0.2, -0.15) is 0 Å². The van der Waals surface area contributed by atoms with E-state index < -0.39 is 0 Å². The Hall–Kier alpha value is -2.29. The number of fused-ring (bicyclic) bond motifs is 1. The van der Waals surface area contributed by atoms with E-state index in [1.165, 1.54) is 16.3 Å². The van der Waals surface area contributed by atoms with Crippen LogP contribution in [0.15, 0.2) is 59.6 Å². The first-order chi connectivity index (χ1) is 10.8. The zero-order valence-corrected chi connectivity index (χ0v) is 13.0. The second kappa shape index (κ2) is 7.12. The van der Waals surface area contributed by atoms with E-state index in [9.17, 15) is 0 Å². The molecular weight excluding hydrogens is 270 g/mol. The molecule has 2 aromatic rings. The molecular formula is C19H23N3. The van der Waals surface area contributed by atoms with E-state index in [2.05, 4.69) is 72.2 Å². The lowest BCUT2D eigenvalue weighted by Crippen LogP contribution is -2.42. The molecule has 22 heavy (non-hydrogen) atoms. The number of nitrogens with zero attached hydrogens (tertiary/aromatic N) is 1. The second-order valence-electron chi connectivity index (χ2n) is 5.66. The molecule has 0 radical (unpaired) electrons. The van der Waals surface area contributed by atoms with Gasteiger partial charge in [0.2, 0.25) is 0 Å². The van der Waals surface area contributed by atoms with Crippen LogP contribution in [0.4, 0.5) is 0 Å². The third kappa shape index (κ3) is 3.67. The monoisotopic (exact) mass is 293 g/mol. The number of hydrogen-bond donors (Lipinski definition) is 2. The van der Waals surface area contributed by atoms with E-state index in [4.69, 9.17) is 4.99 Å². The van der Waals surface area contributed by atoms with Gasteiger partial charge >= 0.3 is 0 Å². The molecule has 2 N–H and O–H groups in total. The van der Waals surface area contributed by atoms with Crippen molar-refractivity contribution in [3.05, 3.63) is 60.2 Å². The van der Waals surface area contributed by atoms with Crippen LogP contribution in [0.5, 0.6) is 0 Å². The molecule has 0 amide bonds. The van der Waals surface area contributed by atoms with Crippen molar-refractivity contribution >= 4 is 16.7 Å². The first kappa shape index (κ1) is 14.6. The number of rotatable bonds is 4. The molecule has 114 valence electrons. The van der Waals surface area contributed by atoms with Crippen LogP contribution in [-0.2, 0) is 6.54 Å². The van der Waals surface area contributed by atoms with Gasteiger partial charge in [0.25, 0.3) is 0 Å². The Balaban J connectivity index is 1.70. The standard InChI is InChI=1S/C19H23N3/c1-2-20-19(22-18-9-5-6-10-18)21-14-15-11-12-16-7-3-4-8-17(16)13-15/h3-8,11-13,18H,2,9-10,14H2,1H3,(H2,20,21,22). The molecule has 0 saturated carbocycles. The van der Waals surface area contributed by atoms with Gasteiger partial charge in [-0.25, -0.2) is 4.99 Å². The molecule has 3 nitrogen and oxygen atoms in total. The molecule has 2 aromatic carbocycles. The van der Waals surface area contributed by atoms with E-state index in [1.54, 1.807) is 0 Å². The van der Waals surface area contributed by atoms with E-state index in [0.717, 1.165) is 25.3 Å². The minimum Gasteiger partial charge on any atom is -0.357 e. The summed E-state index contributed by atoms with van der Waals surface area (Å²) in [5, 5.41) is 9.38. The lowest BCUT2D eigenvalue weighted by Gasteiger charge is -2.16. The minimum absolute atomic E-state index is 0.481. The maximum atomic E-state index is 4.72. The van der Waals surface area contributed by atoms with Gasteiger partial charge in [-0.15, -0.1) is 0 Å². The van der Waals surface area contributed by atoms with Crippen LogP contribution in [0.25, 0.3) is 10.8 Å². The Morgan fingerprint density at radius 2 is 1.86 bits per heavy atom. The van der Waals surface area contributed by atoms with Gasteiger partial charge in [0.15, 0.2) is 5.96 Å². The zero-order chi connectivity index (χ0) is 15.2. The number of benzene rings is 2. The summed E-state index contributed by atoms with van der Waals surface area (Å²) >= 11 is 0. The summed E-state index contributed by atoms with van der Waals surface area (Å²) in [6, 6.07) is 15.5. The fourth-order valence-corrected chi connectivity index (χ4v) is 2.76. The topological polar surface area (TPSA) is 36.4 Å². The smallest absolute Gasteiger partial charge is 0.191 e. The third-order valence-corrected chi connectivity index (χ3v) is 3.93. The summed E-state index contributed by atoms with van der Waals surface area (Å²) in [6.07, 6.45) is 6.62. The first-order valence-corrected chi connectivity index (χ1v) is 8.02. The highest BCUT2D eigenvalue weighted by molar-refractivity contribution is 5.83. The van der Waals surface area contributed by atoms with Gasteiger partial charge < -0.3 is 10.6 Å². The number of guanidine groups is 1. The maximum absolute atomic E-state index is 4.72. The molecule has 0 fully saturated rings. The molecule has 3 rings (SSSR count). The van der Waals surface area contributed by atoms with Crippen LogP contribution in [0, 0.1) is 0 Å². The van der Waals surface area contributed by atoms with Crippen LogP contribution in [0.3, 0.4) is 0 Å². The van der Waals surface area contributed by atoms with Crippen molar-refractivity contribution in [3.63, 3.8) is 0 Å². The normalized spacial score (nSPS) is 15.4. The third-order valence-electron chi connectivity index (χ3n) is 3.93. The molecule has 0 heterocycles. The van der Waals surface area contributed by atoms with E-state index in [1.807, 2.05) is 0 Å². The summed E-state index contributed by atoms with van der Waals surface area (Å²) in [5.74, 6) is 0.907. The Bertz CT molecular complexity index is 680. The van der Waals surface area contributed by atoms with Crippen LogP contribution < -0.4 is 10.6 Å². The van der Waals surface area contributed by atoms with Crippen molar-refractivity contribution in [2.45, 2.75) is 32.4 Å². The van der Waals surface area contributed by atoms with Gasteiger partial charge in [0.1, 0.15) is 0 Å². The molecule has 0 bridgehead atoms. The van der Waals surface area contributed by atoms with E-state index in [-0.39, 0.29) is 0 Å². The summed E-state index contributed by atoms with van der Waals surface area (Å²) in [5.41, 5.74) is 1.24. The van der Waals surface area contributed by atoms with Crippen molar-refractivity contribution in [1.82, 2.24) is 10.6 Å². The van der Waals surface area contributed by atoms with E-state index >= 15 is 0 Å². The largest absolute Gasteiger partial charge is 0.357 e. The van der Waals surface area contributed by atoms with Crippen LogP contribution in [0.1, 0.15) is 25.3 Å². The van der Waals surface area contributed by atoms with Crippen LogP contribution in [-0.4, -0.2) is 18.5 Å². The summed E-state index contributed by atoms with van der Waals surface area (Å²) < 4.78 is 0. The quantitative estimate of drug-likeness (QED) is 0.513. The number of hydrogen-bond acceptors (Lipinski definition) is 1. The van der Waals surface area contributed by atoms with Crippen molar-refractivity contribution in [1.29, 1.82) is 0 Å². The Labute approximate surface area is 132 Å². The van der Waals surface area contributed by atoms with E-state index in [0.29, 0.717) is 12.6 Å². The summed E-state index contributed by atoms with van der Waals surface area (Å²) in [6.45, 7) is 3.67. The first-order valence-electron chi connectivity index (χ1n) is 8.02. The van der Waals surface area contributed by atoms with Gasteiger partial charge in [0, 0.05) is 12.6 Å². The minimum atomic E-state index is 0.481. The molecule has 1 aliphatic carbocycles. The van der Waals surface area contributed by atoms with Crippen LogP contribution >= 0.6 is 0 Å². The summed E-state index contributed by atoms with van der Waals surface area (Å²) in [4.78, 5) is 4.72. The van der Waals surface area contributed by atoms with Crippen molar-refractivity contribution in [3.8, 4) is 0 Å². The molecule has 0 aliphatic heterocycles. The molecule has 3 heteroatoms. The molecule has 0 unspecified atom stereocenters. The highest BCUT2D eigenvalue weighted by Gasteiger charge is 2.11. The molecule has 1 aliphatic rings. The molecule has 0 saturated heterocycles. The van der Waals surface area contributed by atoms with Crippen LogP contribution in [0.2, 0.25) is 0 Å². The Kier molecular flexibility index (Phi) is 4.74. The van der Waals surface area contributed by atoms with Gasteiger partial charge in [0.05, 0.1) is 6.54 Å². The lowest BCUT2D eigenvalue weighted by atomic mass is 10.1. The highest BCUT2D eigenvalue weighted by atomic mass is 15.2. The highest BCUT2D eigenvalue weighted by Crippen LogP contribution is 2.16. The SMILES string of the molecule is CCNC(=NCc1ccc2ccccc2c1)NC1CC=CC1. The molecule has 0 atom stereocenters. The van der Waals surface area contributed by atoms with Crippen molar-refractivity contribution in [2.24, 2.45) is 4.99 Å². The molecule has 0 spiro atoms. The van der Waals surface area contributed by atoms with Gasteiger partial charge in [-0.1, -0.05) is 48.6 Å². The lowest BCUT2D eigenvalue weighted by molar-refractivity contribution is 0.633. The average molecular weight is 293 g/mol. The van der Waals surface area contributed by atoms with Crippen molar-refractivity contribution in [2.75, 3.05) is 6.54 Å². The van der Waals surface area contributed by atoms with Gasteiger partial charge in [-0.05, 0) is 42.2 Å². The van der Waals surface area contributed by atoms with Crippen molar-refractivity contribution < 1.29 is 0 Å². The molecule has 0 aromatic heterocycles.